The fraction of sp³-hybridized carbons (Fsp3) is 0.231. The Hall–Kier alpha value is -1.30. The van der Waals surface area contributed by atoms with E-state index >= 15 is 0 Å². The van der Waals surface area contributed by atoms with Crippen molar-refractivity contribution < 1.29 is 0 Å². The minimum absolute atomic E-state index is 0.572. The molecule has 65 valence electrons. The number of hydrogen-bond acceptors (Lipinski definition) is 0. The van der Waals surface area contributed by atoms with Crippen LogP contribution in [0, 0.1) is 6.07 Å². The molecule has 1 radical (unpaired) electrons. The van der Waals surface area contributed by atoms with Gasteiger partial charge in [0.2, 0.25) is 0 Å². The molecule has 0 nitrogen and oxygen atoms in total. The van der Waals surface area contributed by atoms with Gasteiger partial charge in [0.15, 0.2) is 0 Å². The van der Waals surface area contributed by atoms with E-state index in [1.165, 1.54) is 16.3 Å². The zero-order valence-corrected chi connectivity index (χ0v) is 8.04. The molecule has 0 aliphatic carbocycles. The molecular weight excluding hydrogens is 156 g/mol. The highest BCUT2D eigenvalue weighted by Crippen LogP contribution is 2.24. The molecule has 0 heteroatoms. The van der Waals surface area contributed by atoms with E-state index in [2.05, 4.69) is 44.2 Å². The summed E-state index contributed by atoms with van der Waals surface area (Å²) in [6.07, 6.45) is 0. The molecule has 0 amide bonds. The van der Waals surface area contributed by atoms with Crippen LogP contribution >= 0.6 is 0 Å². The molecule has 0 aliphatic heterocycles. The van der Waals surface area contributed by atoms with Crippen LogP contribution in [0.25, 0.3) is 10.8 Å². The predicted octanol–water partition coefficient (Wildman–Crippen LogP) is 3.76. The van der Waals surface area contributed by atoms with Crippen molar-refractivity contribution in [1.82, 2.24) is 0 Å². The van der Waals surface area contributed by atoms with Crippen molar-refractivity contribution in [2.24, 2.45) is 0 Å². The molecule has 0 fully saturated rings. The molecule has 0 heterocycles. The minimum Gasteiger partial charge on any atom is -0.0613 e. The van der Waals surface area contributed by atoms with Crippen LogP contribution in [0.5, 0.6) is 0 Å². The third-order valence-electron chi connectivity index (χ3n) is 2.35. The maximum absolute atomic E-state index is 3.30. The Morgan fingerprint density at radius 1 is 1.08 bits per heavy atom. The average molecular weight is 169 g/mol. The van der Waals surface area contributed by atoms with Gasteiger partial charge in [-0.3, -0.25) is 0 Å². The quantitative estimate of drug-likeness (QED) is 0.609. The lowest BCUT2D eigenvalue weighted by Gasteiger charge is -2.08. The lowest BCUT2D eigenvalue weighted by Crippen LogP contribution is -1.88. The van der Waals surface area contributed by atoms with Crippen LogP contribution in [0.3, 0.4) is 0 Å². The predicted molar refractivity (Wildman–Crippen MR) is 56.9 cm³/mol. The second kappa shape index (κ2) is 3.21. The van der Waals surface area contributed by atoms with Gasteiger partial charge < -0.3 is 0 Å². The summed E-state index contributed by atoms with van der Waals surface area (Å²) in [7, 11) is 0. The molecule has 2 rings (SSSR count). The van der Waals surface area contributed by atoms with Crippen molar-refractivity contribution >= 4 is 10.8 Å². The first kappa shape index (κ1) is 8.31. The normalized spacial score (nSPS) is 11.0. The third-order valence-corrected chi connectivity index (χ3v) is 2.35. The van der Waals surface area contributed by atoms with E-state index in [4.69, 9.17) is 0 Å². The Labute approximate surface area is 79.2 Å². The van der Waals surface area contributed by atoms with Gasteiger partial charge in [-0.1, -0.05) is 50.2 Å². The van der Waals surface area contributed by atoms with Crippen LogP contribution in [-0.4, -0.2) is 0 Å². The zero-order valence-electron chi connectivity index (χ0n) is 8.04. The van der Waals surface area contributed by atoms with E-state index in [1.54, 1.807) is 0 Å². The minimum atomic E-state index is 0.572. The van der Waals surface area contributed by atoms with Crippen LogP contribution in [0.15, 0.2) is 36.4 Å². The number of rotatable bonds is 1. The molecule has 2 aromatic carbocycles. The highest BCUT2D eigenvalue weighted by Gasteiger charge is 2.02. The standard InChI is InChI=1S/C13H13/c1-10(2)12-9-5-7-11-6-3-4-8-13(11)12/h3-7,9-10H,1-2H3. The molecule has 0 unspecified atom stereocenters. The monoisotopic (exact) mass is 169 g/mol. The van der Waals surface area contributed by atoms with E-state index in [0.29, 0.717) is 5.92 Å². The Morgan fingerprint density at radius 3 is 2.62 bits per heavy atom. The molecule has 0 saturated carbocycles. The Morgan fingerprint density at radius 2 is 1.85 bits per heavy atom. The molecule has 0 N–H and O–H groups in total. The molecular formula is C13H13. The maximum atomic E-state index is 3.30. The van der Waals surface area contributed by atoms with Crippen molar-refractivity contribution in [2.45, 2.75) is 19.8 Å². The van der Waals surface area contributed by atoms with Crippen molar-refractivity contribution in [2.75, 3.05) is 0 Å². The smallest absolute Gasteiger partial charge is 0.00705 e. The second-order valence-corrected chi connectivity index (χ2v) is 3.64. The first-order chi connectivity index (χ1) is 6.29. The Balaban J connectivity index is 2.76. The van der Waals surface area contributed by atoms with Crippen LogP contribution in [0.4, 0.5) is 0 Å². The number of hydrogen-bond donors (Lipinski definition) is 0. The van der Waals surface area contributed by atoms with Crippen LogP contribution in [0.1, 0.15) is 25.3 Å². The lowest BCUT2D eigenvalue weighted by molar-refractivity contribution is 0.876. The Kier molecular flexibility index (Phi) is 2.05. The molecule has 13 heavy (non-hydrogen) atoms. The summed E-state index contributed by atoms with van der Waals surface area (Å²) in [5.74, 6) is 0.572. The molecule has 0 aromatic heterocycles. The molecule has 0 saturated heterocycles. The summed E-state index contributed by atoms with van der Waals surface area (Å²) in [4.78, 5) is 0. The summed E-state index contributed by atoms with van der Waals surface area (Å²) in [5, 5.41) is 2.55. The fourth-order valence-electron chi connectivity index (χ4n) is 1.66. The van der Waals surface area contributed by atoms with E-state index < -0.39 is 0 Å². The summed E-state index contributed by atoms with van der Waals surface area (Å²) < 4.78 is 0. The van der Waals surface area contributed by atoms with Gasteiger partial charge in [-0.25, -0.2) is 0 Å². The third kappa shape index (κ3) is 1.44. The summed E-state index contributed by atoms with van der Waals surface area (Å²) in [6.45, 7) is 4.44. The van der Waals surface area contributed by atoms with Gasteiger partial charge in [0, 0.05) is 0 Å². The van der Waals surface area contributed by atoms with E-state index in [-0.39, 0.29) is 0 Å². The lowest BCUT2D eigenvalue weighted by atomic mass is 9.96. The van der Waals surface area contributed by atoms with E-state index in [0.717, 1.165) is 0 Å². The maximum Gasteiger partial charge on any atom is -0.00705 e. The largest absolute Gasteiger partial charge is 0.0613 e. The first-order valence-corrected chi connectivity index (χ1v) is 4.68. The van der Waals surface area contributed by atoms with Gasteiger partial charge in [-0.2, -0.15) is 0 Å². The summed E-state index contributed by atoms with van der Waals surface area (Å²) in [6, 6.07) is 15.9. The highest BCUT2D eigenvalue weighted by atomic mass is 14.1. The van der Waals surface area contributed by atoms with E-state index in [1.807, 2.05) is 12.1 Å². The van der Waals surface area contributed by atoms with Gasteiger partial charge in [0.1, 0.15) is 0 Å². The number of benzene rings is 2. The van der Waals surface area contributed by atoms with Crippen LogP contribution in [-0.2, 0) is 0 Å². The molecule has 0 bridgehead atoms. The van der Waals surface area contributed by atoms with Crippen LogP contribution < -0.4 is 0 Å². The average Bonchev–Trinajstić information content (AvgIpc) is 2.17. The summed E-state index contributed by atoms with van der Waals surface area (Å²) in [5.41, 5.74) is 1.39. The van der Waals surface area contributed by atoms with Gasteiger partial charge in [0.05, 0.1) is 0 Å². The zero-order chi connectivity index (χ0) is 9.26. The van der Waals surface area contributed by atoms with Crippen molar-refractivity contribution in [3.05, 3.63) is 48.0 Å². The van der Waals surface area contributed by atoms with Crippen molar-refractivity contribution in [3.63, 3.8) is 0 Å². The molecule has 2 aromatic rings. The molecule has 0 spiro atoms. The summed E-state index contributed by atoms with van der Waals surface area (Å²) >= 11 is 0. The van der Waals surface area contributed by atoms with Gasteiger partial charge in [-0.15, -0.1) is 0 Å². The van der Waals surface area contributed by atoms with Gasteiger partial charge >= 0.3 is 0 Å². The first-order valence-electron chi connectivity index (χ1n) is 4.68. The van der Waals surface area contributed by atoms with Crippen molar-refractivity contribution in [1.29, 1.82) is 0 Å². The van der Waals surface area contributed by atoms with Gasteiger partial charge in [-0.05, 0) is 28.3 Å². The van der Waals surface area contributed by atoms with E-state index in [9.17, 15) is 0 Å². The topological polar surface area (TPSA) is 0 Å². The fourth-order valence-corrected chi connectivity index (χ4v) is 1.66. The number of fused-ring (bicyclic) bond motifs is 1. The SMILES string of the molecule is CC(C)c1cccc2ccc[c]c12. The second-order valence-electron chi connectivity index (χ2n) is 3.64. The van der Waals surface area contributed by atoms with Crippen LogP contribution in [0.2, 0.25) is 0 Å². The Bertz CT molecular complexity index is 408. The molecule has 0 aliphatic rings. The van der Waals surface area contributed by atoms with Gasteiger partial charge in [0.25, 0.3) is 0 Å². The molecule has 0 atom stereocenters. The van der Waals surface area contributed by atoms with Crippen molar-refractivity contribution in [3.8, 4) is 0 Å². The highest BCUT2D eigenvalue weighted by molar-refractivity contribution is 5.85.